The van der Waals surface area contributed by atoms with Gasteiger partial charge >= 0.3 is 0 Å². The van der Waals surface area contributed by atoms with Gasteiger partial charge in [-0.05, 0) is 49.7 Å². The van der Waals surface area contributed by atoms with Crippen LogP contribution in [-0.2, 0) is 6.54 Å². The number of nitrogens with zero attached hydrogens (tertiary/aromatic N) is 3. The third-order valence-electron chi connectivity index (χ3n) is 4.36. The summed E-state index contributed by atoms with van der Waals surface area (Å²) < 4.78 is 14.7. The van der Waals surface area contributed by atoms with Gasteiger partial charge in [-0.3, -0.25) is 4.90 Å². The van der Waals surface area contributed by atoms with Crippen LogP contribution in [0, 0.1) is 11.2 Å². The Hall–Kier alpha value is -1.72. The lowest BCUT2D eigenvalue weighted by Crippen LogP contribution is -2.43. The fourth-order valence-electron chi connectivity index (χ4n) is 3.10. The first kappa shape index (κ1) is 15.2. The van der Waals surface area contributed by atoms with E-state index in [0.717, 1.165) is 43.9 Å². The number of piperidine rings is 1. The first-order valence-electron chi connectivity index (χ1n) is 7.72. The zero-order valence-electron chi connectivity index (χ0n) is 12.9. The van der Waals surface area contributed by atoms with E-state index in [0.29, 0.717) is 0 Å². The molecule has 1 N–H and O–H groups in total. The lowest BCUT2D eigenvalue weighted by molar-refractivity contribution is 0.0423. The van der Waals surface area contributed by atoms with Crippen molar-refractivity contribution in [1.29, 1.82) is 0 Å². The molecule has 4 nitrogen and oxygen atoms in total. The van der Waals surface area contributed by atoms with Gasteiger partial charge in [-0.25, -0.2) is 9.07 Å². The van der Waals surface area contributed by atoms with Gasteiger partial charge in [-0.2, -0.15) is 5.10 Å². The average molecular weight is 303 g/mol. The van der Waals surface area contributed by atoms with Crippen LogP contribution in [0.25, 0.3) is 5.69 Å². The van der Waals surface area contributed by atoms with E-state index >= 15 is 0 Å². The van der Waals surface area contributed by atoms with Crippen molar-refractivity contribution < 1.29 is 9.50 Å². The second-order valence-corrected chi connectivity index (χ2v) is 6.51. The van der Waals surface area contributed by atoms with Crippen molar-refractivity contribution in [2.75, 3.05) is 19.7 Å². The predicted molar refractivity (Wildman–Crippen MR) is 83.2 cm³/mol. The summed E-state index contributed by atoms with van der Waals surface area (Å²) in [6.07, 6.45) is 4.08. The maximum atomic E-state index is 13.0. The molecular formula is C17H22FN3O. The Bertz CT molecular complexity index is 625. The molecule has 0 spiro atoms. The monoisotopic (exact) mass is 303 g/mol. The highest BCUT2D eigenvalue weighted by Crippen LogP contribution is 2.29. The molecule has 1 aliphatic rings. The molecule has 0 aliphatic carbocycles. The van der Waals surface area contributed by atoms with Crippen molar-refractivity contribution in [2.24, 2.45) is 5.41 Å². The summed E-state index contributed by atoms with van der Waals surface area (Å²) in [5, 5.41) is 14.1. The van der Waals surface area contributed by atoms with E-state index in [9.17, 15) is 9.50 Å². The summed E-state index contributed by atoms with van der Waals surface area (Å²) in [5.74, 6) is -0.243. The minimum atomic E-state index is -0.243. The number of hydrogen-bond acceptors (Lipinski definition) is 3. The molecule has 1 aromatic carbocycles. The third-order valence-corrected chi connectivity index (χ3v) is 4.36. The normalized spacial score (nSPS) is 22.9. The molecule has 1 atom stereocenters. The molecule has 1 aromatic heterocycles. The first-order chi connectivity index (χ1) is 10.6. The topological polar surface area (TPSA) is 41.3 Å². The van der Waals surface area contributed by atoms with Gasteiger partial charge in [0.2, 0.25) is 0 Å². The minimum Gasteiger partial charge on any atom is -0.396 e. The molecule has 0 amide bonds. The standard InChI is InChI=1S/C17H22FN3O/c1-17(13-22)8-2-9-20(12-17)11-15-7-10-21(19-15)16-5-3-14(18)4-6-16/h3-7,10,22H,2,8-9,11-13H2,1H3. The largest absolute Gasteiger partial charge is 0.396 e. The SMILES string of the molecule is CC1(CO)CCCN(Cc2ccn(-c3ccc(F)cc3)n2)C1. The second-order valence-electron chi connectivity index (χ2n) is 6.51. The highest BCUT2D eigenvalue weighted by atomic mass is 19.1. The van der Waals surface area contributed by atoms with Gasteiger partial charge < -0.3 is 5.11 Å². The summed E-state index contributed by atoms with van der Waals surface area (Å²) >= 11 is 0. The Labute approximate surface area is 130 Å². The summed E-state index contributed by atoms with van der Waals surface area (Å²) in [6.45, 7) is 5.08. The highest BCUT2D eigenvalue weighted by molar-refractivity contribution is 5.31. The predicted octanol–water partition coefficient (Wildman–Crippen LogP) is 2.61. The van der Waals surface area contributed by atoms with Crippen molar-refractivity contribution in [3.8, 4) is 5.69 Å². The van der Waals surface area contributed by atoms with Crippen molar-refractivity contribution in [1.82, 2.24) is 14.7 Å². The molecule has 1 fully saturated rings. The van der Waals surface area contributed by atoms with Crippen molar-refractivity contribution >= 4 is 0 Å². The Balaban J connectivity index is 1.68. The van der Waals surface area contributed by atoms with Crippen LogP contribution in [0.15, 0.2) is 36.5 Å². The van der Waals surface area contributed by atoms with Crippen molar-refractivity contribution in [2.45, 2.75) is 26.3 Å². The first-order valence-corrected chi connectivity index (χ1v) is 7.72. The molecule has 0 bridgehead atoms. The van der Waals surface area contributed by atoms with E-state index < -0.39 is 0 Å². The molecule has 5 heteroatoms. The number of aromatic nitrogens is 2. The molecule has 1 aliphatic heterocycles. The van der Waals surface area contributed by atoms with Crippen molar-refractivity contribution in [3.63, 3.8) is 0 Å². The number of rotatable bonds is 4. The molecule has 22 heavy (non-hydrogen) atoms. The maximum absolute atomic E-state index is 13.0. The van der Waals surface area contributed by atoms with Crippen LogP contribution < -0.4 is 0 Å². The third kappa shape index (κ3) is 3.36. The number of aliphatic hydroxyl groups excluding tert-OH is 1. The number of aliphatic hydroxyl groups is 1. The van der Waals surface area contributed by atoms with Gasteiger partial charge in [-0.15, -0.1) is 0 Å². The molecular weight excluding hydrogens is 281 g/mol. The van der Waals surface area contributed by atoms with Crippen LogP contribution in [0.4, 0.5) is 4.39 Å². The van der Waals surface area contributed by atoms with Gasteiger partial charge in [0.1, 0.15) is 5.82 Å². The highest BCUT2D eigenvalue weighted by Gasteiger charge is 2.30. The minimum absolute atomic E-state index is 0.00221. The lowest BCUT2D eigenvalue weighted by atomic mass is 9.83. The molecule has 3 rings (SSSR count). The van der Waals surface area contributed by atoms with E-state index in [1.54, 1.807) is 16.8 Å². The molecule has 0 radical (unpaired) electrons. The van der Waals surface area contributed by atoms with Crippen LogP contribution in [-0.4, -0.2) is 39.5 Å². The quantitative estimate of drug-likeness (QED) is 0.944. The van der Waals surface area contributed by atoms with E-state index in [1.165, 1.54) is 12.1 Å². The van der Waals surface area contributed by atoms with Crippen LogP contribution in [0.3, 0.4) is 0 Å². The van der Waals surface area contributed by atoms with E-state index in [2.05, 4.69) is 16.9 Å². The fraction of sp³-hybridized carbons (Fsp3) is 0.471. The van der Waals surface area contributed by atoms with Crippen molar-refractivity contribution in [3.05, 3.63) is 48.0 Å². The molecule has 1 saturated heterocycles. The summed E-state index contributed by atoms with van der Waals surface area (Å²) in [4.78, 5) is 2.34. The van der Waals surface area contributed by atoms with Gasteiger partial charge in [0.25, 0.3) is 0 Å². The molecule has 2 heterocycles. The van der Waals surface area contributed by atoms with Gasteiger partial charge in [-0.1, -0.05) is 6.92 Å². The average Bonchev–Trinajstić information content (AvgIpc) is 2.96. The number of hydrogen-bond donors (Lipinski definition) is 1. The Morgan fingerprint density at radius 2 is 2.05 bits per heavy atom. The number of benzene rings is 1. The van der Waals surface area contributed by atoms with Gasteiger partial charge in [0.05, 0.1) is 11.4 Å². The van der Waals surface area contributed by atoms with Gasteiger partial charge in [0.15, 0.2) is 0 Å². The zero-order chi connectivity index (χ0) is 15.6. The van der Waals surface area contributed by atoms with Crippen LogP contribution in [0.5, 0.6) is 0 Å². The smallest absolute Gasteiger partial charge is 0.123 e. The lowest BCUT2D eigenvalue weighted by Gasteiger charge is -2.39. The summed E-state index contributed by atoms with van der Waals surface area (Å²) in [6, 6.07) is 8.31. The van der Waals surface area contributed by atoms with Gasteiger partial charge in [0, 0.05) is 31.3 Å². The fourth-order valence-corrected chi connectivity index (χ4v) is 3.10. The Kier molecular flexibility index (Phi) is 4.27. The van der Waals surface area contributed by atoms with Crippen LogP contribution in [0.2, 0.25) is 0 Å². The number of halogens is 1. The van der Waals surface area contributed by atoms with E-state index in [4.69, 9.17) is 0 Å². The molecule has 0 saturated carbocycles. The van der Waals surface area contributed by atoms with E-state index in [-0.39, 0.29) is 17.8 Å². The number of likely N-dealkylation sites (tertiary alicyclic amines) is 1. The molecule has 1 unspecified atom stereocenters. The maximum Gasteiger partial charge on any atom is 0.123 e. The van der Waals surface area contributed by atoms with Crippen LogP contribution in [0.1, 0.15) is 25.5 Å². The molecule has 2 aromatic rings. The molecule has 118 valence electrons. The van der Waals surface area contributed by atoms with Crippen LogP contribution >= 0.6 is 0 Å². The second kappa shape index (κ2) is 6.18. The Morgan fingerprint density at radius 3 is 2.77 bits per heavy atom. The summed E-state index contributed by atoms with van der Waals surface area (Å²) in [5.41, 5.74) is 1.84. The van der Waals surface area contributed by atoms with E-state index in [1.807, 2.05) is 12.3 Å². The Morgan fingerprint density at radius 1 is 1.27 bits per heavy atom. The summed E-state index contributed by atoms with van der Waals surface area (Å²) in [7, 11) is 0. The zero-order valence-corrected chi connectivity index (χ0v) is 12.9.